The maximum atomic E-state index is 4.20. The van der Waals surface area contributed by atoms with Crippen LogP contribution in [0.3, 0.4) is 0 Å². The van der Waals surface area contributed by atoms with Gasteiger partial charge in [-0.2, -0.15) is 10.2 Å². The summed E-state index contributed by atoms with van der Waals surface area (Å²) in [5, 5.41) is 8.38. The lowest BCUT2D eigenvalue weighted by Crippen LogP contribution is -2.07. The summed E-state index contributed by atoms with van der Waals surface area (Å²) in [5.74, 6) is 0. The maximum absolute atomic E-state index is 4.20. The normalized spacial score (nSPS) is 10.8. The number of aryl methyl sites for hydroxylation is 1. The fourth-order valence-electron chi connectivity index (χ4n) is 1.53. The number of anilines is 1. The fourth-order valence-corrected chi connectivity index (χ4v) is 1.53. The molecule has 0 atom stereocenters. The molecular weight excluding hydrogens is 224 g/mol. The summed E-state index contributed by atoms with van der Waals surface area (Å²) in [6.45, 7) is 1.94. The zero-order valence-corrected chi connectivity index (χ0v) is 10.8. The largest absolute Gasteiger partial charge is 0.378 e. The first-order chi connectivity index (χ1) is 8.65. The van der Waals surface area contributed by atoms with E-state index in [0.29, 0.717) is 0 Å². The number of hydrogen-bond acceptors (Lipinski definition) is 4. The van der Waals surface area contributed by atoms with Crippen molar-refractivity contribution in [3.05, 3.63) is 48.3 Å². The Morgan fingerprint density at radius 1 is 0.944 bits per heavy atom. The molecule has 1 aromatic carbocycles. The smallest absolute Gasteiger partial charge is 0.0890 e. The molecule has 4 nitrogen and oxygen atoms in total. The lowest BCUT2D eigenvalue weighted by atomic mass is 10.3. The minimum atomic E-state index is 0.819. The maximum Gasteiger partial charge on any atom is 0.0890 e. The van der Waals surface area contributed by atoms with Gasteiger partial charge >= 0.3 is 0 Å². The monoisotopic (exact) mass is 240 g/mol. The van der Waals surface area contributed by atoms with Gasteiger partial charge in [-0.3, -0.25) is 4.98 Å². The van der Waals surface area contributed by atoms with Crippen molar-refractivity contribution in [2.24, 2.45) is 10.2 Å². The van der Waals surface area contributed by atoms with Crippen LogP contribution in [0.1, 0.15) is 5.69 Å². The molecule has 0 N–H and O–H groups in total. The van der Waals surface area contributed by atoms with Crippen LogP contribution in [0.2, 0.25) is 0 Å². The van der Waals surface area contributed by atoms with Gasteiger partial charge in [-0.25, -0.2) is 0 Å². The Kier molecular flexibility index (Phi) is 3.67. The lowest BCUT2D eigenvalue weighted by Gasteiger charge is -2.11. The quantitative estimate of drug-likeness (QED) is 0.764. The van der Waals surface area contributed by atoms with Gasteiger partial charge in [0, 0.05) is 31.7 Å². The Morgan fingerprint density at radius 3 is 2.22 bits per heavy atom. The summed E-state index contributed by atoms with van der Waals surface area (Å²) in [4.78, 5) is 6.17. The number of aromatic nitrogens is 1. The van der Waals surface area contributed by atoms with Crippen LogP contribution in [-0.2, 0) is 0 Å². The summed E-state index contributed by atoms with van der Waals surface area (Å²) in [6.07, 6.45) is 1.73. The van der Waals surface area contributed by atoms with E-state index in [0.717, 1.165) is 22.8 Å². The Balaban J connectivity index is 2.14. The molecule has 0 aliphatic heterocycles. The summed E-state index contributed by atoms with van der Waals surface area (Å²) in [5.41, 5.74) is 3.75. The number of rotatable bonds is 3. The van der Waals surface area contributed by atoms with Gasteiger partial charge in [0.1, 0.15) is 0 Å². The third-order valence-corrected chi connectivity index (χ3v) is 2.53. The van der Waals surface area contributed by atoms with E-state index in [-0.39, 0.29) is 0 Å². The molecule has 0 aliphatic rings. The van der Waals surface area contributed by atoms with Crippen molar-refractivity contribution in [3.63, 3.8) is 0 Å². The molecule has 2 aromatic rings. The third-order valence-electron chi connectivity index (χ3n) is 2.53. The molecule has 18 heavy (non-hydrogen) atoms. The Hall–Kier alpha value is -2.23. The zero-order chi connectivity index (χ0) is 13.0. The molecule has 0 amide bonds. The van der Waals surface area contributed by atoms with Crippen molar-refractivity contribution in [1.82, 2.24) is 4.98 Å². The van der Waals surface area contributed by atoms with Crippen LogP contribution in [0.5, 0.6) is 0 Å². The molecule has 0 fully saturated rings. The Morgan fingerprint density at radius 2 is 1.61 bits per heavy atom. The molecule has 0 saturated heterocycles. The van der Waals surface area contributed by atoms with Gasteiger partial charge in [0.15, 0.2) is 0 Å². The number of nitrogens with zero attached hydrogens (tertiary/aromatic N) is 4. The highest BCUT2D eigenvalue weighted by atomic mass is 15.1. The summed E-state index contributed by atoms with van der Waals surface area (Å²) < 4.78 is 0. The predicted molar refractivity (Wildman–Crippen MR) is 73.9 cm³/mol. The lowest BCUT2D eigenvalue weighted by molar-refractivity contribution is 1.13. The van der Waals surface area contributed by atoms with E-state index in [2.05, 4.69) is 15.2 Å². The first kappa shape index (κ1) is 12.2. The van der Waals surface area contributed by atoms with Crippen LogP contribution in [0.4, 0.5) is 17.1 Å². The molecule has 0 aliphatic carbocycles. The van der Waals surface area contributed by atoms with Crippen LogP contribution >= 0.6 is 0 Å². The van der Waals surface area contributed by atoms with E-state index in [1.54, 1.807) is 6.20 Å². The molecule has 0 bridgehead atoms. The summed E-state index contributed by atoms with van der Waals surface area (Å²) in [7, 11) is 4.02. The topological polar surface area (TPSA) is 40.9 Å². The molecule has 1 heterocycles. The minimum Gasteiger partial charge on any atom is -0.378 e. The van der Waals surface area contributed by atoms with Crippen LogP contribution in [0.25, 0.3) is 0 Å². The second-order valence-corrected chi connectivity index (χ2v) is 4.27. The molecule has 0 unspecified atom stereocenters. The van der Waals surface area contributed by atoms with E-state index in [4.69, 9.17) is 0 Å². The van der Waals surface area contributed by atoms with E-state index in [9.17, 15) is 0 Å². The molecule has 0 saturated carbocycles. The van der Waals surface area contributed by atoms with E-state index >= 15 is 0 Å². The van der Waals surface area contributed by atoms with Gasteiger partial charge in [0.2, 0.25) is 0 Å². The highest BCUT2D eigenvalue weighted by molar-refractivity contribution is 5.51. The number of benzene rings is 1. The van der Waals surface area contributed by atoms with E-state index < -0.39 is 0 Å². The molecular formula is C14H16N4. The highest BCUT2D eigenvalue weighted by Gasteiger charge is 1.95. The summed E-state index contributed by atoms with van der Waals surface area (Å²) in [6, 6.07) is 11.7. The van der Waals surface area contributed by atoms with Crippen LogP contribution in [0.15, 0.2) is 52.8 Å². The predicted octanol–water partition coefficient (Wildman–Crippen LogP) is 3.87. The van der Waals surface area contributed by atoms with Gasteiger partial charge in [0.05, 0.1) is 11.4 Å². The van der Waals surface area contributed by atoms with Crippen molar-refractivity contribution < 1.29 is 0 Å². The van der Waals surface area contributed by atoms with Crippen LogP contribution < -0.4 is 4.90 Å². The molecule has 92 valence electrons. The fraction of sp³-hybridized carbons (Fsp3) is 0.214. The van der Waals surface area contributed by atoms with Gasteiger partial charge < -0.3 is 4.90 Å². The first-order valence-corrected chi connectivity index (χ1v) is 5.77. The average Bonchev–Trinajstić information content (AvgIpc) is 2.37. The number of pyridine rings is 1. The van der Waals surface area contributed by atoms with Crippen LogP contribution in [-0.4, -0.2) is 19.1 Å². The summed E-state index contributed by atoms with van der Waals surface area (Å²) >= 11 is 0. The second-order valence-electron chi connectivity index (χ2n) is 4.27. The van der Waals surface area contributed by atoms with Crippen molar-refractivity contribution in [2.75, 3.05) is 19.0 Å². The van der Waals surface area contributed by atoms with Gasteiger partial charge in [-0.05, 0) is 43.3 Å². The van der Waals surface area contributed by atoms with Crippen molar-refractivity contribution in [3.8, 4) is 0 Å². The zero-order valence-electron chi connectivity index (χ0n) is 10.8. The van der Waals surface area contributed by atoms with Gasteiger partial charge in [-0.15, -0.1) is 0 Å². The first-order valence-electron chi connectivity index (χ1n) is 5.77. The number of hydrogen-bond donors (Lipinski definition) is 0. The van der Waals surface area contributed by atoms with Crippen molar-refractivity contribution in [1.29, 1.82) is 0 Å². The number of azo groups is 1. The van der Waals surface area contributed by atoms with E-state index in [1.807, 2.05) is 62.3 Å². The van der Waals surface area contributed by atoms with Crippen LogP contribution in [0, 0.1) is 6.92 Å². The third kappa shape index (κ3) is 3.13. The average molecular weight is 240 g/mol. The minimum absolute atomic E-state index is 0.819. The molecule has 1 aromatic heterocycles. The molecule has 0 spiro atoms. The SMILES string of the molecule is Cc1cc(N=Nc2ccc(N(C)C)cc2)ccn1. The Labute approximate surface area is 107 Å². The standard InChI is InChI=1S/C14H16N4/c1-11-10-13(8-9-15-11)17-16-12-4-6-14(7-5-12)18(2)3/h4-10H,1-3H3. The van der Waals surface area contributed by atoms with Crippen molar-refractivity contribution >= 4 is 17.1 Å². The van der Waals surface area contributed by atoms with Gasteiger partial charge in [0.25, 0.3) is 0 Å². The van der Waals surface area contributed by atoms with Crippen molar-refractivity contribution in [2.45, 2.75) is 6.92 Å². The highest BCUT2D eigenvalue weighted by Crippen LogP contribution is 2.21. The molecule has 2 rings (SSSR count). The molecule has 4 heteroatoms. The Bertz CT molecular complexity index is 544. The second kappa shape index (κ2) is 5.40. The van der Waals surface area contributed by atoms with E-state index in [1.165, 1.54) is 0 Å². The van der Waals surface area contributed by atoms with Gasteiger partial charge in [-0.1, -0.05) is 0 Å². The molecule has 0 radical (unpaired) electrons.